The Balaban J connectivity index is 1.71. The summed E-state index contributed by atoms with van der Waals surface area (Å²) in [5.41, 5.74) is 1.06. The Bertz CT molecular complexity index is 549. The van der Waals surface area contributed by atoms with Gasteiger partial charge in [0.05, 0.1) is 4.90 Å². The summed E-state index contributed by atoms with van der Waals surface area (Å²) in [6, 6.07) is 6.95. The predicted molar refractivity (Wildman–Crippen MR) is 90.4 cm³/mol. The van der Waals surface area contributed by atoms with Crippen molar-refractivity contribution in [2.24, 2.45) is 5.92 Å². The molecule has 1 aromatic rings. The lowest BCUT2D eigenvalue weighted by molar-refractivity contribution is 0.304. The highest BCUT2D eigenvalue weighted by molar-refractivity contribution is 7.89. The van der Waals surface area contributed by atoms with Crippen molar-refractivity contribution in [3.8, 4) is 0 Å². The number of benzene rings is 1. The van der Waals surface area contributed by atoms with Crippen LogP contribution in [0.15, 0.2) is 29.2 Å². The quantitative estimate of drug-likeness (QED) is 0.800. The molecule has 4 nitrogen and oxygen atoms in total. The van der Waals surface area contributed by atoms with Gasteiger partial charge in [-0.05, 0) is 45.0 Å². The number of sulfonamides is 1. The molecule has 1 aliphatic carbocycles. The van der Waals surface area contributed by atoms with E-state index < -0.39 is 10.0 Å². The average Bonchev–Trinajstić information content (AvgIpc) is 2.99. The normalized spacial score (nSPS) is 16.5. The van der Waals surface area contributed by atoms with E-state index in [9.17, 15) is 8.42 Å². The first-order valence-electron chi connectivity index (χ1n) is 8.22. The van der Waals surface area contributed by atoms with Crippen LogP contribution in [0.3, 0.4) is 0 Å². The maximum absolute atomic E-state index is 12.2. The second kappa shape index (κ2) is 8.09. The molecule has 0 unspecified atom stereocenters. The first-order valence-corrected chi connectivity index (χ1v) is 9.70. The van der Waals surface area contributed by atoms with E-state index >= 15 is 0 Å². The first-order chi connectivity index (χ1) is 10.5. The second-order valence-corrected chi connectivity index (χ2v) is 8.22. The lowest BCUT2D eigenvalue weighted by Gasteiger charge is -2.19. The van der Waals surface area contributed by atoms with Gasteiger partial charge >= 0.3 is 0 Å². The summed E-state index contributed by atoms with van der Waals surface area (Å²) in [7, 11) is -1.32. The molecule has 1 aliphatic rings. The topological polar surface area (TPSA) is 49.4 Å². The maximum atomic E-state index is 12.2. The SMILES string of the molecule is Cc1ccc(S(=O)(=O)NCCN(C)CCC2CCCC2)cc1. The van der Waals surface area contributed by atoms with Gasteiger partial charge < -0.3 is 4.90 Å². The van der Waals surface area contributed by atoms with Crippen molar-refractivity contribution in [2.45, 2.75) is 43.9 Å². The zero-order valence-electron chi connectivity index (χ0n) is 13.7. The van der Waals surface area contributed by atoms with E-state index in [1.54, 1.807) is 12.1 Å². The van der Waals surface area contributed by atoms with Gasteiger partial charge in [-0.1, -0.05) is 43.4 Å². The minimum absolute atomic E-state index is 0.340. The van der Waals surface area contributed by atoms with Gasteiger partial charge in [0.2, 0.25) is 10.0 Å². The zero-order valence-corrected chi connectivity index (χ0v) is 14.5. The van der Waals surface area contributed by atoms with Crippen LogP contribution in [0, 0.1) is 12.8 Å². The molecule has 0 bridgehead atoms. The van der Waals surface area contributed by atoms with E-state index in [4.69, 9.17) is 0 Å². The molecule has 0 radical (unpaired) electrons. The molecule has 0 aromatic heterocycles. The molecule has 1 aromatic carbocycles. The van der Waals surface area contributed by atoms with Gasteiger partial charge in [0, 0.05) is 13.1 Å². The van der Waals surface area contributed by atoms with Crippen LogP contribution in [-0.2, 0) is 10.0 Å². The van der Waals surface area contributed by atoms with Crippen molar-refractivity contribution >= 4 is 10.0 Å². The van der Waals surface area contributed by atoms with E-state index in [0.717, 1.165) is 24.6 Å². The molecule has 2 rings (SSSR count). The Kier molecular flexibility index (Phi) is 6.41. The Morgan fingerprint density at radius 3 is 2.41 bits per heavy atom. The highest BCUT2D eigenvalue weighted by Crippen LogP contribution is 2.27. The predicted octanol–water partition coefficient (Wildman–Crippen LogP) is 2.79. The van der Waals surface area contributed by atoms with Gasteiger partial charge in [-0.3, -0.25) is 0 Å². The Hall–Kier alpha value is -0.910. The van der Waals surface area contributed by atoms with E-state index in [2.05, 4.69) is 16.7 Å². The smallest absolute Gasteiger partial charge is 0.240 e. The fourth-order valence-corrected chi connectivity index (χ4v) is 4.01. The van der Waals surface area contributed by atoms with Gasteiger partial charge in [0.25, 0.3) is 0 Å². The van der Waals surface area contributed by atoms with Crippen molar-refractivity contribution in [1.29, 1.82) is 0 Å². The molecule has 0 aliphatic heterocycles. The molecule has 0 saturated heterocycles. The van der Waals surface area contributed by atoms with Gasteiger partial charge in [0.15, 0.2) is 0 Å². The summed E-state index contributed by atoms with van der Waals surface area (Å²) in [6.07, 6.45) is 6.73. The third-order valence-electron chi connectivity index (χ3n) is 4.51. The fourth-order valence-electron chi connectivity index (χ4n) is 2.99. The molecule has 1 fully saturated rings. The standard InChI is InChI=1S/C17H28N2O2S/c1-15-7-9-17(10-8-15)22(20,21)18-12-14-19(2)13-11-16-5-3-4-6-16/h7-10,16,18H,3-6,11-14H2,1-2H3. The molecule has 0 amide bonds. The van der Waals surface area contributed by atoms with Gasteiger partial charge in [-0.15, -0.1) is 0 Å². The van der Waals surface area contributed by atoms with Crippen LogP contribution in [0.2, 0.25) is 0 Å². The van der Waals surface area contributed by atoms with Crippen LogP contribution in [0.25, 0.3) is 0 Å². The summed E-state index contributed by atoms with van der Waals surface area (Å²) < 4.78 is 27.0. The molecular weight excluding hydrogens is 296 g/mol. The summed E-state index contributed by atoms with van der Waals surface area (Å²) in [5, 5.41) is 0. The number of nitrogens with one attached hydrogen (secondary N) is 1. The van der Waals surface area contributed by atoms with Crippen molar-refractivity contribution in [3.63, 3.8) is 0 Å². The highest BCUT2D eigenvalue weighted by Gasteiger charge is 2.16. The lowest BCUT2D eigenvalue weighted by Crippen LogP contribution is -2.33. The molecule has 0 heterocycles. The molecular formula is C17H28N2O2S. The minimum atomic E-state index is -3.38. The molecule has 1 saturated carbocycles. The van der Waals surface area contributed by atoms with E-state index in [-0.39, 0.29) is 0 Å². The summed E-state index contributed by atoms with van der Waals surface area (Å²) in [4.78, 5) is 2.56. The third kappa shape index (κ3) is 5.38. The summed E-state index contributed by atoms with van der Waals surface area (Å²) in [6.45, 7) is 4.20. The van der Waals surface area contributed by atoms with Crippen molar-refractivity contribution in [1.82, 2.24) is 9.62 Å². The Morgan fingerprint density at radius 2 is 1.77 bits per heavy atom. The molecule has 1 N–H and O–H groups in total. The molecule has 22 heavy (non-hydrogen) atoms. The van der Waals surface area contributed by atoms with E-state index in [0.29, 0.717) is 11.4 Å². The molecule has 5 heteroatoms. The maximum Gasteiger partial charge on any atom is 0.240 e. The number of hydrogen-bond acceptors (Lipinski definition) is 3. The van der Waals surface area contributed by atoms with Crippen LogP contribution in [-0.4, -0.2) is 40.0 Å². The molecule has 0 spiro atoms. The number of aryl methyl sites for hydroxylation is 1. The zero-order chi connectivity index (χ0) is 16.0. The van der Waals surface area contributed by atoms with E-state index in [1.165, 1.54) is 32.1 Å². The van der Waals surface area contributed by atoms with Crippen LogP contribution >= 0.6 is 0 Å². The number of hydrogen-bond donors (Lipinski definition) is 1. The lowest BCUT2D eigenvalue weighted by atomic mass is 10.0. The monoisotopic (exact) mass is 324 g/mol. The van der Waals surface area contributed by atoms with Crippen molar-refractivity contribution < 1.29 is 8.42 Å². The van der Waals surface area contributed by atoms with Gasteiger partial charge in [-0.25, -0.2) is 13.1 Å². The summed E-state index contributed by atoms with van der Waals surface area (Å²) in [5.74, 6) is 0.881. The third-order valence-corrected chi connectivity index (χ3v) is 5.99. The average molecular weight is 324 g/mol. The number of nitrogens with zero attached hydrogens (tertiary/aromatic N) is 1. The number of likely N-dealkylation sites (N-methyl/N-ethyl adjacent to an activating group) is 1. The van der Waals surface area contributed by atoms with Crippen LogP contribution in [0.1, 0.15) is 37.7 Å². The fraction of sp³-hybridized carbons (Fsp3) is 0.647. The first kappa shape index (κ1) is 17.4. The molecule has 0 atom stereocenters. The van der Waals surface area contributed by atoms with Crippen molar-refractivity contribution in [3.05, 3.63) is 29.8 Å². The van der Waals surface area contributed by atoms with Crippen LogP contribution in [0.5, 0.6) is 0 Å². The largest absolute Gasteiger partial charge is 0.305 e. The second-order valence-electron chi connectivity index (χ2n) is 6.45. The Morgan fingerprint density at radius 1 is 1.14 bits per heavy atom. The van der Waals surface area contributed by atoms with Gasteiger partial charge in [-0.2, -0.15) is 0 Å². The summed E-state index contributed by atoms with van der Waals surface area (Å²) >= 11 is 0. The highest BCUT2D eigenvalue weighted by atomic mass is 32.2. The molecule has 124 valence electrons. The van der Waals surface area contributed by atoms with Gasteiger partial charge in [0.1, 0.15) is 0 Å². The number of rotatable bonds is 8. The Labute approximate surface area is 135 Å². The van der Waals surface area contributed by atoms with Crippen LogP contribution in [0.4, 0.5) is 0 Å². The van der Waals surface area contributed by atoms with Crippen molar-refractivity contribution in [2.75, 3.05) is 26.7 Å². The van der Waals surface area contributed by atoms with E-state index in [1.807, 2.05) is 19.1 Å². The minimum Gasteiger partial charge on any atom is -0.305 e. The van der Waals surface area contributed by atoms with Crippen LogP contribution < -0.4 is 4.72 Å².